The molecule has 0 spiro atoms. The topological polar surface area (TPSA) is 75.4 Å². The van der Waals surface area contributed by atoms with E-state index in [9.17, 15) is 9.59 Å². The van der Waals surface area contributed by atoms with Crippen molar-refractivity contribution in [1.82, 2.24) is 9.55 Å². The number of rotatable bonds is 3. The van der Waals surface area contributed by atoms with Crippen LogP contribution in [-0.4, -0.2) is 33.7 Å². The molecule has 0 amide bonds. The molecule has 6 nitrogen and oxygen atoms in total. The summed E-state index contributed by atoms with van der Waals surface area (Å²) in [4.78, 5) is 29.0. The highest BCUT2D eigenvalue weighted by Gasteiger charge is 2.27. The fraction of sp³-hybridized carbons (Fsp3) is 0.583. The molecule has 0 bridgehead atoms. The molecule has 98 valence electrons. The minimum Gasteiger partial charge on any atom is -0.481 e. The Morgan fingerprint density at radius 3 is 3.06 bits per heavy atom. The lowest BCUT2D eigenvalue weighted by Gasteiger charge is -2.31. The lowest BCUT2D eigenvalue weighted by Crippen LogP contribution is -2.42. The Morgan fingerprint density at radius 2 is 2.39 bits per heavy atom. The smallest absolute Gasteiger partial charge is 0.308 e. The zero-order chi connectivity index (χ0) is 13.1. The molecule has 0 aromatic carbocycles. The molecule has 1 aliphatic rings. The van der Waals surface area contributed by atoms with Crippen molar-refractivity contribution in [2.45, 2.75) is 26.3 Å². The van der Waals surface area contributed by atoms with E-state index in [0.29, 0.717) is 31.9 Å². The van der Waals surface area contributed by atoms with E-state index in [-0.39, 0.29) is 5.56 Å². The van der Waals surface area contributed by atoms with Crippen LogP contribution < -0.4 is 10.5 Å². The Labute approximate surface area is 105 Å². The highest BCUT2D eigenvalue weighted by Crippen LogP contribution is 2.19. The molecule has 6 heteroatoms. The number of aryl methyl sites for hydroxylation is 1. The average molecular weight is 251 g/mol. The van der Waals surface area contributed by atoms with Gasteiger partial charge in [-0.3, -0.25) is 9.59 Å². The molecule has 1 aliphatic heterocycles. The summed E-state index contributed by atoms with van der Waals surface area (Å²) >= 11 is 0. The Hall–Kier alpha value is -1.85. The quantitative estimate of drug-likeness (QED) is 0.849. The second kappa shape index (κ2) is 5.20. The third kappa shape index (κ3) is 2.37. The summed E-state index contributed by atoms with van der Waals surface area (Å²) in [6.45, 7) is 3.54. The van der Waals surface area contributed by atoms with Crippen LogP contribution in [0.4, 0.5) is 5.82 Å². The Morgan fingerprint density at radius 1 is 1.61 bits per heavy atom. The van der Waals surface area contributed by atoms with Gasteiger partial charge < -0.3 is 14.6 Å². The van der Waals surface area contributed by atoms with Gasteiger partial charge in [-0.05, 0) is 19.8 Å². The lowest BCUT2D eigenvalue weighted by molar-refractivity contribution is -0.141. The van der Waals surface area contributed by atoms with E-state index in [0.717, 1.165) is 6.42 Å². The van der Waals surface area contributed by atoms with Crippen molar-refractivity contribution in [3.05, 3.63) is 22.7 Å². The zero-order valence-electron chi connectivity index (χ0n) is 10.4. The van der Waals surface area contributed by atoms with Gasteiger partial charge in [0.05, 0.1) is 5.92 Å². The van der Waals surface area contributed by atoms with Gasteiger partial charge in [0.1, 0.15) is 0 Å². The van der Waals surface area contributed by atoms with Crippen molar-refractivity contribution in [1.29, 1.82) is 0 Å². The standard InChI is InChI=1S/C12H17N3O3/c1-2-14-7-5-13-10(11(14)16)15-6-3-4-9(8-15)12(17)18/h5,7,9H,2-4,6,8H2,1H3,(H,17,18). The summed E-state index contributed by atoms with van der Waals surface area (Å²) in [5, 5.41) is 9.04. The van der Waals surface area contributed by atoms with Crippen LogP contribution >= 0.6 is 0 Å². The molecular formula is C12H17N3O3. The lowest BCUT2D eigenvalue weighted by atomic mass is 9.98. The molecule has 18 heavy (non-hydrogen) atoms. The van der Waals surface area contributed by atoms with E-state index in [1.807, 2.05) is 6.92 Å². The van der Waals surface area contributed by atoms with Crippen molar-refractivity contribution in [3.8, 4) is 0 Å². The van der Waals surface area contributed by atoms with Gasteiger partial charge in [0, 0.05) is 32.0 Å². The fourth-order valence-corrected chi connectivity index (χ4v) is 2.27. The number of anilines is 1. The fourth-order valence-electron chi connectivity index (χ4n) is 2.27. The molecule has 1 aromatic rings. The number of carboxylic acid groups (broad SMARTS) is 1. The van der Waals surface area contributed by atoms with E-state index < -0.39 is 11.9 Å². The number of aromatic nitrogens is 2. The van der Waals surface area contributed by atoms with Crippen LogP contribution in [0.25, 0.3) is 0 Å². The predicted octanol–water partition coefficient (Wildman–Crippen LogP) is 0.564. The Bertz CT molecular complexity index is 498. The minimum atomic E-state index is -0.800. The van der Waals surface area contributed by atoms with Crippen molar-refractivity contribution < 1.29 is 9.90 Å². The van der Waals surface area contributed by atoms with E-state index >= 15 is 0 Å². The number of hydrogen-bond donors (Lipinski definition) is 1. The second-order valence-electron chi connectivity index (χ2n) is 4.47. The molecule has 2 heterocycles. The highest BCUT2D eigenvalue weighted by molar-refractivity contribution is 5.71. The van der Waals surface area contributed by atoms with Gasteiger partial charge in [-0.25, -0.2) is 4.98 Å². The van der Waals surface area contributed by atoms with Crippen molar-refractivity contribution in [3.63, 3.8) is 0 Å². The molecule has 1 saturated heterocycles. The number of carboxylic acids is 1. The van der Waals surface area contributed by atoms with Crippen LogP contribution in [0.5, 0.6) is 0 Å². The summed E-state index contributed by atoms with van der Waals surface area (Å²) in [5.74, 6) is -0.841. The maximum Gasteiger partial charge on any atom is 0.308 e. The molecule has 2 rings (SSSR count). The van der Waals surface area contributed by atoms with Crippen LogP contribution in [0.2, 0.25) is 0 Å². The minimum absolute atomic E-state index is 0.147. The SMILES string of the molecule is CCn1ccnc(N2CCCC(C(=O)O)C2)c1=O. The van der Waals surface area contributed by atoms with Crippen LogP contribution in [0, 0.1) is 5.92 Å². The van der Waals surface area contributed by atoms with E-state index in [1.54, 1.807) is 21.9 Å². The van der Waals surface area contributed by atoms with Crippen LogP contribution in [0.3, 0.4) is 0 Å². The summed E-state index contributed by atoms with van der Waals surface area (Å²) in [5.41, 5.74) is -0.147. The summed E-state index contributed by atoms with van der Waals surface area (Å²) in [7, 11) is 0. The first-order chi connectivity index (χ1) is 8.63. The number of aliphatic carboxylic acids is 1. The summed E-state index contributed by atoms with van der Waals surface area (Å²) < 4.78 is 1.58. The molecule has 0 aliphatic carbocycles. The van der Waals surface area contributed by atoms with E-state index in [4.69, 9.17) is 5.11 Å². The molecule has 1 atom stereocenters. The van der Waals surface area contributed by atoms with Gasteiger partial charge in [0.25, 0.3) is 5.56 Å². The maximum absolute atomic E-state index is 12.1. The van der Waals surface area contributed by atoms with Gasteiger partial charge in [0.2, 0.25) is 0 Å². The van der Waals surface area contributed by atoms with Gasteiger partial charge in [0.15, 0.2) is 5.82 Å². The molecular weight excluding hydrogens is 234 g/mol. The van der Waals surface area contributed by atoms with Crippen LogP contribution in [0.15, 0.2) is 17.2 Å². The number of carbonyl (C=O) groups is 1. The molecule has 0 radical (unpaired) electrons. The third-order valence-electron chi connectivity index (χ3n) is 3.31. The first-order valence-corrected chi connectivity index (χ1v) is 6.16. The first-order valence-electron chi connectivity index (χ1n) is 6.16. The summed E-state index contributed by atoms with van der Waals surface area (Å²) in [6, 6.07) is 0. The predicted molar refractivity (Wildman–Crippen MR) is 66.7 cm³/mol. The van der Waals surface area contributed by atoms with E-state index in [2.05, 4.69) is 4.98 Å². The maximum atomic E-state index is 12.1. The molecule has 1 N–H and O–H groups in total. The van der Waals surface area contributed by atoms with Crippen LogP contribution in [0.1, 0.15) is 19.8 Å². The number of nitrogens with zero attached hydrogens (tertiary/aromatic N) is 3. The molecule has 1 unspecified atom stereocenters. The molecule has 1 fully saturated rings. The number of piperidine rings is 1. The molecule has 0 saturated carbocycles. The van der Waals surface area contributed by atoms with Crippen molar-refractivity contribution >= 4 is 11.8 Å². The van der Waals surface area contributed by atoms with Crippen molar-refractivity contribution in [2.24, 2.45) is 5.92 Å². The summed E-state index contributed by atoms with van der Waals surface area (Å²) in [6.07, 6.45) is 4.68. The number of hydrogen-bond acceptors (Lipinski definition) is 4. The van der Waals surface area contributed by atoms with Crippen LogP contribution in [-0.2, 0) is 11.3 Å². The Balaban J connectivity index is 2.26. The highest BCUT2D eigenvalue weighted by atomic mass is 16.4. The second-order valence-corrected chi connectivity index (χ2v) is 4.47. The first kappa shape index (κ1) is 12.6. The van der Waals surface area contributed by atoms with Crippen molar-refractivity contribution in [2.75, 3.05) is 18.0 Å². The van der Waals surface area contributed by atoms with Gasteiger partial charge in [-0.2, -0.15) is 0 Å². The van der Waals surface area contributed by atoms with E-state index in [1.165, 1.54) is 0 Å². The normalized spacial score (nSPS) is 19.8. The van der Waals surface area contributed by atoms with Gasteiger partial charge in [-0.1, -0.05) is 0 Å². The van der Waals surface area contributed by atoms with Gasteiger partial charge >= 0.3 is 5.97 Å². The Kier molecular flexibility index (Phi) is 3.64. The molecule has 1 aromatic heterocycles. The third-order valence-corrected chi connectivity index (χ3v) is 3.31. The van der Waals surface area contributed by atoms with Gasteiger partial charge in [-0.15, -0.1) is 0 Å². The average Bonchev–Trinajstić information content (AvgIpc) is 2.39. The monoisotopic (exact) mass is 251 g/mol. The zero-order valence-corrected chi connectivity index (χ0v) is 10.4. The largest absolute Gasteiger partial charge is 0.481 e.